The summed E-state index contributed by atoms with van der Waals surface area (Å²) in [6.07, 6.45) is -3.87. The van der Waals surface area contributed by atoms with Gasteiger partial charge in [-0.25, -0.2) is 0 Å². The van der Waals surface area contributed by atoms with E-state index in [9.17, 15) is 18.3 Å². The molecule has 0 radical (unpaired) electrons. The normalized spacial score (nSPS) is 13.3. The summed E-state index contributed by atoms with van der Waals surface area (Å²) in [7, 11) is 0. The summed E-state index contributed by atoms with van der Waals surface area (Å²) in [5, 5.41) is 10.7. The Labute approximate surface area is 118 Å². The van der Waals surface area contributed by atoms with Crippen LogP contribution in [0, 0.1) is 6.92 Å². The van der Waals surface area contributed by atoms with Crippen LogP contribution in [0.4, 0.5) is 13.2 Å². The highest BCUT2D eigenvalue weighted by molar-refractivity contribution is 6.31. The summed E-state index contributed by atoms with van der Waals surface area (Å²) in [5.74, 6) is 0. The third-order valence-corrected chi connectivity index (χ3v) is 3.37. The van der Waals surface area contributed by atoms with Gasteiger partial charge in [0, 0.05) is 23.0 Å². The third-order valence-electron chi connectivity index (χ3n) is 2.95. The van der Waals surface area contributed by atoms with E-state index in [0.717, 1.165) is 18.5 Å². The Morgan fingerprint density at radius 1 is 1.25 bits per heavy atom. The van der Waals surface area contributed by atoms with Crippen molar-refractivity contribution in [2.45, 2.75) is 19.2 Å². The van der Waals surface area contributed by atoms with Crippen LogP contribution in [0.5, 0.6) is 0 Å². The molecule has 0 spiro atoms. The number of alkyl halides is 3. The first-order valence-corrected chi connectivity index (χ1v) is 6.13. The lowest BCUT2D eigenvalue weighted by Crippen LogP contribution is -2.13. The van der Waals surface area contributed by atoms with E-state index >= 15 is 0 Å². The van der Waals surface area contributed by atoms with Gasteiger partial charge in [-0.2, -0.15) is 13.2 Å². The number of aliphatic hydroxyl groups excluding tert-OH is 1. The van der Waals surface area contributed by atoms with Gasteiger partial charge in [0.05, 0.1) is 5.56 Å². The molecular weight excluding hydrogens is 291 g/mol. The van der Waals surface area contributed by atoms with E-state index < -0.39 is 17.8 Å². The van der Waals surface area contributed by atoms with Crippen LogP contribution in [0.1, 0.15) is 28.4 Å². The average Bonchev–Trinajstić information content (AvgIpc) is 2.40. The SMILES string of the molecule is Cc1cc(C(O)c2cnccc2C(F)(F)F)ccc1Cl. The predicted molar refractivity (Wildman–Crippen MR) is 69.5 cm³/mol. The number of rotatable bonds is 2. The van der Waals surface area contributed by atoms with Crippen molar-refractivity contribution in [3.8, 4) is 0 Å². The molecule has 2 rings (SSSR count). The first-order valence-electron chi connectivity index (χ1n) is 5.76. The number of hydrogen-bond acceptors (Lipinski definition) is 2. The number of pyridine rings is 1. The zero-order chi connectivity index (χ0) is 14.9. The highest BCUT2D eigenvalue weighted by Crippen LogP contribution is 2.36. The molecule has 1 N–H and O–H groups in total. The molecular formula is C14H11ClF3NO. The van der Waals surface area contributed by atoms with Crippen LogP contribution in [0.25, 0.3) is 0 Å². The second-order valence-corrected chi connectivity index (χ2v) is 4.78. The molecule has 0 fully saturated rings. The van der Waals surface area contributed by atoms with Gasteiger partial charge >= 0.3 is 6.18 Å². The highest BCUT2D eigenvalue weighted by atomic mass is 35.5. The van der Waals surface area contributed by atoms with Gasteiger partial charge in [-0.05, 0) is 30.2 Å². The lowest BCUT2D eigenvalue weighted by Gasteiger charge is -2.17. The van der Waals surface area contributed by atoms with Crippen molar-refractivity contribution >= 4 is 11.6 Å². The average molecular weight is 302 g/mol. The zero-order valence-corrected chi connectivity index (χ0v) is 11.2. The molecule has 1 aromatic heterocycles. The van der Waals surface area contributed by atoms with Crippen LogP contribution in [-0.2, 0) is 6.18 Å². The standard InChI is InChI=1S/C14H11ClF3NO/c1-8-6-9(2-3-12(8)15)13(20)10-7-19-5-4-11(10)14(16,17)18/h2-7,13,20H,1H3. The quantitative estimate of drug-likeness (QED) is 0.904. The van der Waals surface area contributed by atoms with Gasteiger partial charge in [0.15, 0.2) is 0 Å². The van der Waals surface area contributed by atoms with E-state index in [1.165, 1.54) is 6.07 Å². The molecule has 1 unspecified atom stereocenters. The maximum Gasteiger partial charge on any atom is 0.416 e. The Morgan fingerprint density at radius 2 is 1.95 bits per heavy atom. The summed E-state index contributed by atoms with van der Waals surface area (Å²) >= 11 is 5.86. The number of aryl methyl sites for hydroxylation is 1. The van der Waals surface area contributed by atoms with Gasteiger partial charge in [0.2, 0.25) is 0 Å². The summed E-state index contributed by atoms with van der Waals surface area (Å²) in [4.78, 5) is 3.66. The van der Waals surface area contributed by atoms with Crippen molar-refractivity contribution in [2.75, 3.05) is 0 Å². The van der Waals surface area contributed by atoms with E-state index in [1.807, 2.05) is 0 Å². The number of aliphatic hydroxyl groups is 1. The monoisotopic (exact) mass is 301 g/mol. The number of benzene rings is 1. The molecule has 6 heteroatoms. The Kier molecular flexibility index (Phi) is 4.01. The lowest BCUT2D eigenvalue weighted by atomic mass is 9.97. The molecule has 20 heavy (non-hydrogen) atoms. The van der Waals surface area contributed by atoms with E-state index in [4.69, 9.17) is 11.6 Å². The van der Waals surface area contributed by atoms with E-state index in [1.54, 1.807) is 19.1 Å². The maximum absolute atomic E-state index is 12.9. The van der Waals surface area contributed by atoms with Crippen molar-refractivity contribution in [1.82, 2.24) is 4.98 Å². The van der Waals surface area contributed by atoms with Crippen LogP contribution in [0.2, 0.25) is 5.02 Å². The minimum Gasteiger partial charge on any atom is -0.384 e. The number of hydrogen-bond donors (Lipinski definition) is 1. The molecule has 2 nitrogen and oxygen atoms in total. The third kappa shape index (κ3) is 2.94. The smallest absolute Gasteiger partial charge is 0.384 e. The number of nitrogens with zero attached hydrogens (tertiary/aromatic N) is 1. The van der Waals surface area contributed by atoms with Gasteiger partial charge < -0.3 is 5.11 Å². The second kappa shape index (κ2) is 5.42. The Morgan fingerprint density at radius 3 is 2.55 bits per heavy atom. The highest BCUT2D eigenvalue weighted by Gasteiger charge is 2.35. The fourth-order valence-electron chi connectivity index (χ4n) is 1.90. The van der Waals surface area contributed by atoms with Crippen molar-refractivity contribution in [1.29, 1.82) is 0 Å². The van der Waals surface area contributed by atoms with Gasteiger partial charge in [0.1, 0.15) is 6.10 Å². The fourth-order valence-corrected chi connectivity index (χ4v) is 2.02. The molecule has 0 aliphatic heterocycles. The summed E-state index contributed by atoms with van der Waals surface area (Å²) in [6, 6.07) is 5.44. The fraction of sp³-hybridized carbons (Fsp3) is 0.214. The second-order valence-electron chi connectivity index (χ2n) is 4.37. The van der Waals surface area contributed by atoms with Gasteiger partial charge in [-0.1, -0.05) is 23.7 Å². The summed E-state index contributed by atoms with van der Waals surface area (Å²) < 4.78 is 38.7. The Bertz CT molecular complexity index is 628. The first-order chi connectivity index (χ1) is 9.30. The summed E-state index contributed by atoms with van der Waals surface area (Å²) in [5.41, 5.74) is -0.152. The molecule has 106 valence electrons. The molecule has 0 bridgehead atoms. The van der Waals surface area contributed by atoms with Crippen molar-refractivity contribution in [3.63, 3.8) is 0 Å². The number of halogens is 4. The topological polar surface area (TPSA) is 33.1 Å². The lowest BCUT2D eigenvalue weighted by molar-refractivity contribution is -0.139. The molecule has 2 aromatic rings. The molecule has 0 saturated carbocycles. The van der Waals surface area contributed by atoms with E-state index in [0.29, 0.717) is 16.1 Å². The predicted octanol–water partition coefficient (Wildman–Crippen LogP) is 4.14. The van der Waals surface area contributed by atoms with Crippen molar-refractivity contribution in [3.05, 3.63) is 63.9 Å². The molecule has 0 amide bonds. The first kappa shape index (κ1) is 14.8. The van der Waals surface area contributed by atoms with Gasteiger partial charge in [0.25, 0.3) is 0 Å². The molecule has 0 aliphatic carbocycles. The maximum atomic E-state index is 12.9. The number of aromatic nitrogens is 1. The van der Waals surface area contributed by atoms with E-state index in [-0.39, 0.29) is 5.56 Å². The molecule has 1 heterocycles. The van der Waals surface area contributed by atoms with Crippen molar-refractivity contribution < 1.29 is 18.3 Å². The zero-order valence-electron chi connectivity index (χ0n) is 10.4. The van der Waals surface area contributed by atoms with E-state index in [2.05, 4.69) is 4.98 Å². The van der Waals surface area contributed by atoms with Gasteiger partial charge in [-0.15, -0.1) is 0 Å². The minimum atomic E-state index is -4.54. The largest absolute Gasteiger partial charge is 0.416 e. The molecule has 0 aliphatic rings. The summed E-state index contributed by atoms with van der Waals surface area (Å²) in [6.45, 7) is 1.71. The van der Waals surface area contributed by atoms with Crippen LogP contribution in [0.15, 0.2) is 36.7 Å². The van der Waals surface area contributed by atoms with Crippen LogP contribution in [0.3, 0.4) is 0 Å². The van der Waals surface area contributed by atoms with Crippen LogP contribution < -0.4 is 0 Å². The minimum absolute atomic E-state index is 0.276. The van der Waals surface area contributed by atoms with Crippen LogP contribution >= 0.6 is 11.6 Å². The van der Waals surface area contributed by atoms with Crippen molar-refractivity contribution in [2.24, 2.45) is 0 Å². The molecule has 1 aromatic carbocycles. The Hall–Kier alpha value is -1.59. The molecule has 1 atom stereocenters. The Balaban J connectivity index is 2.48. The van der Waals surface area contributed by atoms with Gasteiger partial charge in [-0.3, -0.25) is 4.98 Å². The molecule has 0 saturated heterocycles. The van der Waals surface area contributed by atoms with Crippen LogP contribution in [-0.4, -0.2) is 10.1 Å².